The standard InChI is InChI=1S/C14H16BrCl2NO4/c1-14(2,11(19)6-15)13(22-12(20)7-18)21-10-4-3-8(16)5-9(10)17/h3-5,13H,6-7,18H2,1-2H3. The quantitative estimate of drug-likeness (QED) is 0.422. The first-order chi connectivity index (χ1) is 10.2. The lowest BCUT2D eigenvalue weighted by atomic mass is 9.88. The molecule has 0 aliphatic carbocycles. The van der Waals surface area contributed by atoms with E-state index >= 15 is 0 Å². The maximum absolute atomic E-state index is 12.1. The second kappa shape index (κ2) is 8.15. The smallest absolute Gasteiger partial charge is 0.322 e. The monoisotopic (exact) mass is 411 g/mol. The number of hydrogen-bond donors (Lipinski definition) is 1. The molecule has 0 radical (unpaired) electrons. The molecule has 8 heteroatoms. The zero-order valence-electron chi connectivity index (χ0n) is 12.1. The number of ketones is 1. The summed E-state index contributed by atoms with van der Waals surface area (Å²) in [5.74, 6) is -0.644. The molecule has 1 aromatic rings. The van der Waals surface area contributed by atoms with Crippen LogP contribution in [0.25, 0.3) is 0 Å². The van der Waals surface area contributed by atoms with Crippen molar-refractivity contribution in [3.8, 4) is 5.75 Å². The van der Waals surface area contributed by atoms with E-state index in [4.69, 9.17) is 38.4 Å². The van der Waals surface area contributed by atoms with E-state index < -0.39 is 17.7 Å². The Morgan fingerprint density at radius 1 is 1.36 bits per heavy atom. The molecule has 0 bridgehead atoms. The maximum Gasteiger partial charge on any atom is 0.322 e. The van der Waals surface area contributed by atoms with E-state index in [0.29, 0.717) is 5.02 Å². The lowest BCUT2D eigenvalue weighted by molar-refractivity contribution is -0.181. The van der Waals surface area contributed by atoms with Gasteiger partial charge in [-0.1, -0.05) is 39.1 Å². The molecule has 0 aromatic heterocycles. The molecule has 0 spiro atoms. The van der Waals surface area contributed by atoms with Gasteiger partial charge in [-0.2, -0.15) is 0 Å². The molecule has 122 valence electrons. The summed E-state index contributed by atoms with van der Waals surface area (Å²) in [6.07, 6.45) is -1.17. The van der Waals surface area contributed by atoms with Gasteiger partial charge in [0.1, 0.15) is 5.75 Å². The summed E-state index contributed by atoms with van der Waals surface area (Å²) in [6.45, 7) is 2.89. The molecular formula is C14H16BrCl2NO4. The number of carbonyl (C=O) groups excluding carboxylic acids is 2. The average molecular weight is 413 g/mol. The summed E-state index contributed by atoms with van der Waals surface area (Å²) in [5.41, 5.74) is 4.15. The topological polar surface area (TPSA) is 78.6 Å². The van der Waals surface area contributed by atoms with E-state index in [1.807, 2.05) is 0 Å². The molecular weight excluding hydrogens is 397 g/mol. The Bertz CT molecular complexity index is 566. The fourth-order valence-corrected chi connectivity index (χ4v) is 2.65. The third kappa shape index (κ3) is 4.84. The summed E-state index contributed by atoms with van der Waals surface area (Å²) in [5, 5.41) is 0.765. The van der Waals surface area contributed by atoms with Gasteiger partial charge in [0.2, 0.25) is 0 Å². The Balaban J connectivity index is 3.09. The zero-order chi connectivity index (χ0) is 16.9. The van der Waals surface area contributed by atoms with Crippen molar-refractivity contribution in [2.45, 2.75) is 20.1 Å². The SMILES string of the molecule is CC(C)(C(=O)CBr)C(OC(=O)CN)Oc1ccc(Cl)cc1Cl. The number of rotatable bonds is 7. The first-order valence-corrected chi connectivity index (χ1v) is 8.20. The van der Waals surface area contributed by atoms with Crippen LogP contribution in [0.15, 0.2) is 18.2 Å². The highest BCUT2D eigenvalue weighted by Crippen LogP contribution is 2.33. The minimum Gasteiger partial charge on any atom is -0.452 e. The molecule has 0 amide bonds. The van der Waals surface area contributed by atoms with Crippen molar-refractivity contribution in [3.63, 3.8) is 0 Å². The number of carbonyl (C=O) groups is 2. The van der Waals surface area contributed by atoms with Gasteiger partial charge < -0.3 is 15.2 Å². The van der Waals surface area contributed by atoms with Crippen LogP contribution in [0, 0.1) is 5.41 Å². The fourth-order valence-electron chi connectivity index (χ4n) is 1.48. The van der Waals surface area contributed by atoms with Gasteiger partial charge in [-0.3, -0.25) is 9.59 Å². The van der Waals surface area contributed by atoms with Crippen molar-refractivity contribution >= 4 is 50.9 Å². The highest BCUT2D eigenvalue weighted by atomic mass is 79.9. The molecule has 0 saturated carbocycles. The van der Waals surface area contributed by atoms with Crippen LogP contribution in [0.5, 0.6) is 5.75 Å². The molecule has 0 aliphatic rings. The van der Waals surface area contributed by atoms with Crippen molar-refractivity contribution in [2.75, 3.05) is 11.9 Å². The van der Waals surface area contributed by atoms with Crippen LogP contribution in [0.1, 0.15) is 13.8 Å². The number of esters is 1. The summed E-state index contributed by atoms with van der Waals surface area (Å²) in [4.78, 5) is 23.6. The lowest BCUT2D eigenvalue weighted by Crippen LogP contribution is -2.45. The maximum atomic E-state index is 12.1. The van der Waals surface area contributed by atoms with Crippen LogP contribution in [0.3, 0.4) is 0 Å². The van der Waals surface area contributed by atoms with Gasteiger partial charge in [0.25, 0.3) is 6.29 Å². The van der Waals surface area contributed by atoms with Gasteiger partial charge >= 0.3 is 5.97 Å². The Kier molecular flexibility index (Phi) is 7.12. The number of nitrogens with two attached hydrogens (primary N) is 1. The normalized spacial score (nSPS) is 12.6. The van der Waals surface area contributed by atoms with Crippen LogP contribution in [-0.2, 0) is 14.3 Å². The average Bonchev–Trinajstić information content (AvgIpc) is 2.47. The Labute approximate surface area is 147 Å². The van der Waals surface area contributed by atoms with E-state index in [9.17, 15) is 9.59 Å². The lowest BCUT2D eigenvalue weighted by Gasteiger charge is -2.32. The fraction of sp³-hybridized carbons (Fsp3) is 0.429. The molecule has 22 heavy (non-hydrogen) atoms. The minimum atomic E-state index is -1.17. The van der Waals surface area contributed by atoms with Gasteiger partial charge in [0.05, 0.1) is 22.3 Å². The van der Waals surface area contributed by atoms with Gasteiger partial charge in [-0.25, -0.2) is 0 Å². The molecule has 0 heterocycles. The van der Waals surface area contributed by atoms with Crippen LogP contribution in [0.2, 0.25) is 10.0 Å². The highest BCUT2D eigenvalue weighted by Gasteiger charge is 2.41. The third-order valence-corrected chi connectivity index (χ3v) is 4.00. The molecule has 0 fully saturated rings. The van der Waals surface area contributed by atoms with Crippen molar-refractivity contribution in [2.24, 2.45) is 11.1 Å². The number of halogens is 3. The third-order valence-electron chi connectivity index (χ3n) is 2.96. The van der Waals surface area contributed by atoms with Crippen LogP contribution >= 0.6 is 39.1 Å². The van der Waals surface area contributed by atoms with Gasteiger partial charge in [0.15, 0.2) is 5.78 Å². The molecule has 1 rings (SSSR count). The Morgan fingerprint density at radius 2 is 2.00 bits per heavy atom. The largest absolute Gasteiger partial charge is 0.452 e. The summed E-state index contributed by atoms with van der Waals surface area (Å²) in [7, 11) is 0. The number of ether oxygens (including phenoxy) is 2. The molecule has 2 N–H and O–H groups in total. The van der Waals surface area contributed by atoms with Crippen LogP contribution in [0.4, 0.5) is 0 Å². The molecule has 0 saturated heterocycles. The second-order valence-corrected chi connectivity index (χ2v) is 6.40. The van der Waals surface area contributed by atoms with Gasteiger partial charge in [-0.05, 0) is 32.0 Å². The van der Waals surface area contributed by atoms with Crippen LogP contribution in [-0.4, -0.2) is 29.9 Å². The van der Waals surface area contributed by atoms with E-state index in [0.717, 1.165) is 0 Å². The van der Waals surface area contributed by atoms with Gasteiger partial charge in [-0.15, -0.1) is 0 Å². The molecule has 1 aromatic carbocycles. The molecule has 0 aliphatic heterocycles. The number of hydrogen-bond acceptors (Lipinski definition) is 5. The second-order valence-electron chi connectivity index (χ2n) is 5.00. The van der Waals surface area contributed by atoms with Crippen LogP contribution < -0.4 is 10.5 Å². The molecule has 1 unspecified atom stereocenters. The van der Waals surface area contributed by atoms with E-state index in [2.05, 4.69) is 15.9 Å². The van der Waals surface area contributed by atoms with Gasteiger partial charge in [0, 0.05) is 5.02 Å². The number of alkyl halides is 1. The zero-order valence-corrected chi connectivity index (χ0v) is 15.2. The summed E-state index contributed by atoms with van der Waals surface area (Å²) in [6, 6.07) is 4.59. The Morgan fingerprint density at radius 3 is 2.50 bits per heavy atom. The first kappa shape index (κ1) is 19.2. The van der Waals surface area contributed by atoms with E-state index in [1.54, 1.807) is 19.9 Å². The molecule has 5 nitrogen and oxygen atoms in total. The van der Waals surface area contributed by atoms with E-state index in [-0.39, 0.29) is 28.4 Å². The first-order valence-electron chi connectivity index (χ1n) is 6.33. The van der Waals surface area contributed by atoms with E-state index in [1.165, 1.54) is 12.1 Å². The highest BCUT2D eigenvalue weighted by molar-refractivity contribution is 9.09. The molecule has 1 atom stereocenters. The predicted octanol–water partition coefficient (Wildman–Crippen LogP) is 3.19. The number of benzene rings is 1. The minimum absolute atomic E-state index is 0.0917. The van der Waals surface area contributed by atoms with Crippen molar-refractivity contribution in [3.05, 3.63) is 28.2 Å². The summed E-state index contributed by atoms with van der Waals surface area (Å²) < 4.78 is 10.8. The summed E-state index contributed by atoms with van der Waals surface area (Å²) >= 11 is 15.0. The number of Topliss-reactive ketones (excluding diaryl/α,β-unsaturated/α-hetero) is 1. The van der Waals surface area contributed by atoms with Crippen molar-refractivity contribution in [1.82, 2.24) is 0 Å². The van der Waals surface area contributed by atoms with Crippen molar-refractivity contribution < 1.29 is 19.1 Å². The van der Waals surface area contributed by atoms with Crippen molar-refractivity contribution in [1.29, 1.82) is 0 Å². The Hall–Kier alpha value is -0.820. The predicted molar refractivity (Wildman–Crippen MR) is 88.6 cm³/mol.